The lowest BCUT2D eigenvalue weighted by Crippen LogP contribution is -2.23. The van der Waals surface area contributed by atoms with Crippen LogP contribution in [-0.4, -0.2) is 27.2 Å². The summed E-state index contributed by atoms with van der Waals surface area (Å²) >= 11 is 3.38. The Bertz CT molecular complexity index is 678. The maximum atomic E-state index is 12.4. The zero-order chi connectivity index (χ0) is 16.8. The van der Waals surface area contributed by atoms with E-state index in [0.29, 0.717) is 28.1 Å². The predicted molar refractivity (Wildman–Crippen MR) is 91.4 cm³/mol. The van der Waals surface area contributed by atoms with Crippen LogP contribution in [0.4, 0.5) is 0 Å². The molecule has 2 aromatic carbocycles. The van der Waals surface area contributed by atoms with Gasteiger partial charge >= 0.3 is 0 Å². The first-order valence-corrected chi connectivity index (χ1v) is 7.71. The van der Waals surface area contributed by atoms with Crippen LogP contribution in [0.15, 0.2) is 40.9 Å². The molecule has 0 bridgehead atoms. The number of carbonyl (C=O) groups excluding carboxylic acids is 1. The van der Waals surface area contributed by atoms with Gasteiger partial charge in [0.1, 0.15) is 21.7 Å². The van der Waals surface area contributed by atoms with Crippen LogP contribution in [0.25, 0.3) is 0 Å². The van der Waals surface area contributed by atoms with Crippen molar-refractivity contribution < 1.29 is 19.0 Å². The lowest BCUT2D eigenvalue weighted by molar-refractivity contribution is 0.0950. The summed E-state index contributed by atoms with van der Waals surface area (Å²) in [5, 5.41) is 2.87. The van der Waals surface area contributed by atoms with Gasteiger partial charge in [0.15, 0.2) is 0 Å². The molecule has 0 radical (unpaired) electrons. The molecule has 0 aliphatic heterocycles. The van der Waals surface area contributed by atoms with Crippen molar-refractivity contribution in [2.45, 2.75) is 6.54 Å². The van der Waals surface area contributed by atoms with Crippen molar-refractivity contribution in [1.82, 2.24) is 5.32 Å². The van der Waals surface area contributed by atoms with Gasteiger partial charge in [0.25, 0.3) is 5.91 Å². The fourth-order valence-electron chi connectivity index (χ4n) is 2.13. The number of carbonyl (C=O) groups is 1. The fourth-order valence-corrected chi connectivity index (χ4v) is 2.68. The Kier molecular flexibility index (Phi) is 5.87. The van der Waals surface area contributed by atoms with Crippen molar-refractivity contribution in [3.05, 3.63) is 52.0 Å². The highest BCUT2D eigenvalue weighted by Gasteiger charge is 2.15. The lowest BCUT2D eigenvalue weighted by atomic mass is 10.1. The molecule has 23 heavy (non-hydrogen) atoms. The third-order valence-electron chi connectivity index (χ3n) is 3.34. The van der Waals surface area contributed by atoms with Crippen LogP contribution >= 0.6 is 15.9 Å². The quantitative estimate of drug-likeness (QED) is 0.835. The number of rotatable bonds is 6. The lowest BCUT2D eigenvalue weighted by Gasteiger charge is -2.12. The van der Waals surface area contributed by atoms with Crippen molar-refractivity contribution in [3.63, 3.8) is 0 Å². The normalized spacial score (nSPS) is 10.1. The van der Waals surface area contributed by atoms with E-state index in [1.807, 2.05) is 24.3 Å². The predicted octanol–water partition coefficient (Wildman–Crippen LogP) is 3.40. The average molecular weight is 380 g/mol. The third-order valence-corrected chi connectivity index (χ3v) is 4.12. The molecule has 0 saturated carbocycles. The van der Waals surface area contributed by atoms with Crippen LogP contribution in [0, 0.1) is 0 Å². The fraction of sp³-hybridized carbons (Fsp3) is 0.235. The van der Waals surface area contributed by atoms with Gasteiger partial charge in [0.05, 0.1) is 21.3 Å². The molecule has 0 aliphatic carbocycles. The van der Waals surface area contributed by atoms with Gasteiger partial charge in [0, 0.05) is 17.7 Å². The summed E-state index contributed by atoms with van der Waals surface area (Å²) in [6.45, 7) is 0.365. The monoisotopic (exact) mass is 379 g/mol. The van der Waals surface area contributed by atoms with Crippen LogP contribution in [0.1, 0.15) is 15.9 Å². The Labute approximate surface area is 143 Å². The Morgan fingerprint density at radius 2 is 1.57 bits per heavy atom. The molecule has 1 amide bonds. The zero-order valence-corrected chi connectivity index (χ0v) is 14.8. The van der Waals surface area contributed by atoms with E-state index in [2.05, 4.69) is 21.2 Å². The van der Waals surface area contributed by atoms with Crippen molar-refractivity contribution in [3.8, 4) is 17.2 Å². The molecule has 5 nitrogen and oxygen atoms in total. The van der Waals surface area contributed by atoms with Crippen LogP contribution < -0.4 is 19.5 Å². The molecule has 0 aliphatic rings. The van der Waals surface area contributed by atoms with Crippen LogP contribution in [0.2, 0.25) is 0 Å². The van der Waals surface area contributed by atoms with Crippen molar-refractivity contribution in [2.24, 2.45) is 0 Å². The summed E-state index contributed by atoms with van der Waals surface area (Å²) < 4.78 is 16.4. The van der Waals surface area contributed by atoms with Gasteiger partial charge in [-0.1, -0.05) is 18.2 Å². The van der Waals surface area contributed by atoms with E-state index in [0.717, 1.165) is 11.3 Å². The number of benzene rings is 2. The summed E-state index contributed by atoms with van der Waals surface area (Å²) in [7, 11) is 4.68. The van der Waals surface area contributed by atoms with Gasteiger partial charge in [-0.3, -0.25) is 4.79 Å². The van der Waals surface area contributed by atoms with Gasteiger partial charge in [-0.05, 0) is 34.1 Å². The number of halogens is 1. The summed E-state index contributed by atoms with van der Waals surface area (Å²) in [6.07, 6.45) is 0. The number of para-hydroxylation sites is 1. The molecule has 0 saturated heterocycles. The van der Waals surface area contributed by atoms with E-state index in [1.165, 1.54) is 14.2 Å². The topological polar surface area (TPSA) is 56.8 Å². The first kappa shape index (κ1) is 17.1. The molecule has 122 valence electrons. The SMILES string of the molecule is COc1ccccc1CNC(=O)c1cc(OC)c(Br)c(OC)c1. The Hall–Kier alpha value is -2.21. The summed E-state index contributed by atoms with van der Waals surface area (Å²) in [5.41, 5.74) is 1.36. The highest BCUT2D eigenvalue weighted by molar-refractivity contribution is 9.10. The van der Waals surface area contributed by atoms with Gasteiger partial charge in [-0.25, -0.2) is 0 Å². The molecule has 0 unspecified atom stereocenters. The largest absolute Gasteiger partial charge is 0.496 e. The minimum Gasteiger partial charge on any atom is -0.496 e. The Balaban J connectivity index is 2.18. The Morgan fingerprint density at radius 1 is 1.00 bits per heavy atom. The van der Waals surface area contributed by atoms with E-state index in [4.69, 9.17) is 14.2 Å². The van der Waals surface area contributed by atoms with Crippen molar-refractivity contribution in [2.75, 3.05) is 21.3 Å². The molecule has 0 atom stereocenters. The maximum absolute atomic E-state index is 12.4. The number of nitrogens with one attached hydrogen (secondary N) is 1. The molecule has 2 aromatic rings. The van der Waals surface area contributed by atoms with E-state index < -0.39 is 0 Å². The van der Waals surface area contributed by atoms with Crippen LogP contribution in [0.3, 0.4) is 0 Å². The summed E-state index contributed by atoms with van der Waals surface area (Å²) in [5.74, 6) is 1.58. The van der Waals surface area contributed by atoms with Gasteiger partial charge in [-0.15, -0.1) is 0 Å². The second-order valence-electron chi connectivity index (χ2n) is 4.69. The van der Waals surface area contributed by atoms with Crippen molar-refractivity contribution in [1.29, 1.82) is 0 Å². The highest BCUT2D eigenvalue weighted by atomic mass is 79.9. The Morgan fingerprint density at radius 3 is 2.13 bits per heavy atom. The molecular weight excluding hydrogens is 362 g/mol. The average Bonchev–Trinajstić information content (AvgIpc) is 2.60. The minimum atomic E-state index is -0.222. The van der Waals surface area contributed by atoms with Gasteiger partial charge in [-0.2, -0.15) is 0 Å². The van der Waals surface area contributed by atoms with Gasteiger partial charge < -0.3 is 19.5 Å². The number of ether oxygens (including phenoxy) is 3. The first-order chi connectivity index (χ1) is 11.1. The number of methoxy groups -OCH3 is 3. The maximum Gasteiger partial charge on any atom is 0.251 e. The van der Waals surface area contributed by atoms with E-state index >= 15 is 0 Å². The molecule has 2 rings (SSSR count). The highest BCUT2D eigenvalue weighted by Crippen LogP contribution is 2.35. The molecule has 0 spiro atoms. The minimum absolute atomic E-state index is 0.222. The number of amides is 1. The summed E-state index contributed by atoms with van der Waals surface area (Å²) in [4.78, 5) is 12.4. The van der Waals surface area contributed by atoms with E-state index in [9.17, 15) is 4.79 Å². The second kappa shape index (κ2) is 7.87. The van der Waals surface area contributed by atoms with E-state index in [-0.39, 0.29) is 5.91 Å². The van der Waals surface area contributed by atoms with Crippen LogP contribution in [-0.2, 0) is 6.54 Å². The third kappa shape index (κ3) is 3.96. The molecule has 0 fully saturated rings. The van der Waals surface area contributed by atoms with Gasteiger partial charge in [0.2, 0.25) is 0 Å². The zero-order valence-electron chi connectivity index (χ0n) is 13.2. The van der Waals surface area contributed by atoms with Crippen molar-refractivity contribution >= 4 is 21.8 Å². The molecular formula is C17H18BrNO4. The molecule has 0 heterocycles. The standard InChI is InChI=1S/C17H18BrNO4/c1-21-13-7-5-4-6-11(13)10-19-17(20)12-8-14(22-2)16(18)15(9-12)23-3/h4-9H,10H2,1-3H3,(H,19,20). The molecule has 0 aromatic heterocycles. The molecule has 1 N–H and O–H groups in total. The number of hydrogen-bond donors (Lipinski definition) is 1. The summed E-state index contributed by atoms with van der Waals surface area (Å²) in [6, 6.07) is 10.9. The van der Waals surface area contributed by atoms with E-state index in [1.54, 1.807) is 19.2 Å². The molecule has 6 heteroatoms. The smallest absolute Gasteiger partial charge is 0.251 e. The first-order valence-electron chi connectivity index (χ1n) is 6.92. The van der Waals surface area contributed by atoms with Crippen LogP contribution in [0.5, 0.6) is 17.2 Å². The number of hydrogen-bond acceptors (Lipinski definition) is 4. The second-order valence-corrected chi connectivity index (χ2v) is 5.48.